The van der Waals surface area contributed by atoms with Crippen LogP contribution < -0.4 is 10.2 Å². The molecule has 18 heavy (non-hydrogen) atoms. The average Bonchev–Trinajstić information content (AvgIpc) is 2.33. The monoisotopic (exact) mass is 250 g/mol. The Bertz CT molecular complexity index is 349. The van der Waals surface area contributed by atoms with Gasteiger partial charge in [-0.15, -0.1) is 0 Å². The minimum absolute atomic E-state index is 0.456. The van der Waals surface area contributed by atoms with E-state index in [-0.39, 0.29) is 0 Å². The summed E-state index contributed by atoms with van der Waals surface area (Å²) in [7, 11) is 0. The molecule has 0 unspecified atom stereocenters. The van der Waals surface area contributed by atoms with Gasteiger partial charge >= 0.3 is 0 Å². The standard InChI is InChI=1S/C14H26N4/c1-6-7-18(12(4)5)14-13(8-15-10-17-14)9-16-11(2)3/h8,10-12,16H,6-7,9H2,1-5H3. The topological polar surface area (TPSA) is 41.1 Å². The third kappa shape index (κ3) is 4.26. The van der Waals surface area contributed by atoms with Crippen molar-refractivity contribution in [2.45, 2.75) is 59.7 Å². The number of rotatable bonds is 7. The van der Waals surface area contributed by atoms with Crippen LogP contribution in [-0.2, 0) is 6.54 Å². The zero-order chi connectivity index (χ0) is 13.5. The van der Waals surface area contributed by atoms with E-state index >= 15 is 0 Å². The van der Waals surface area contributed by atoms with Crippen LogP contribution in [0.5, 0.6) is 0 Å². The second-order valence-electron chi connectivity index (χ2n) is 5.19. The fraction of sp³-hybridized carbons (Fsp3) is 0.714. The van der Waals surface area contributed by atoms with Crippen molar-refractivity contribution in [2.75, 3.05) is 11.4 Å². The SMILES string of the molecule is CCCN(c1ncncc1CNC(C)C)C(C)C. The molecule has 1 heterocycles. The molecule has 0 fully saturated rings. The van der Waals surface area contributed by atoms with Gasteiger partial charge in [0.25, 0.3) is 0 Å². The number of nitrogens with zero attached hydrogens (tertiary/aromatic N) is 3. The molecule has 0 atom stereocenters. The van der Waals surface area contributed by atoms with E-state index in [0.29, 0.717) is 12.1 Å². The molecule has 102 valence electrons. The van der Waals surface area contributed by atoms with Crippen LogP contribution in [0.4, 0.5) is 5.82 Å². The fourth-order valence-electron chi connectivity index (χ4n) is 1.90. The summed E-state index contributed by atoms with van der Waals surface area (Å²) in [6.07, 6.45) is 4.68. The van der Waals surface area contributed by atoms with Crippen LogP contribution in [0, 0.1) is 0 Å². The molecular weight excluding hydrogens is 224 g/mol. The summed E-state index contributed by atoms with van der Waals surface area (Å²) in [5, 5.41) is 3.43. The zero-order valence-corrected chi connectivity index (χ0v) is 12.3. The second-order valence-corrected chi connectivity index (χ2v) is 5.19. The highest BCUT2D eigenvalue weighted by Crippen LogP contribution is 2.19. The Labute approximate surface area is 111 Å². The summed E-state index contributed by atoms with van der Waals surface area (Å²) in [6.45, 7) is 12.8. The molecular formula is C14H26N4. The van der Waals surface area contributed by atoms with Crippen molar-refractivity contribution in [1.82, 2.24) is 15.3 Å². The maximum atomic E-state index is 4.47. The van der Waals surface area contributed by atoms with E-state index in [9.17, 15) is 0 Å². The third-order valence-electron chi connectivity index (χ3n) is 2.82. The summed E-state index contributed by atoms with van der Waals surface area (Å²) in [5.74, 6) is 1.06. The van der Waals surface area contributed by atoms with Crippen LogP contribution >= 0.6 is 0 Å². The predicted molar refractivity (Wildman–Crippen MR) is 76.8 cm³/mol. The summed E-state index contributed by atoms with van der Waals surface area (Å²) in [4.78, 5) is 11.0. The van der Waals surface area contributed by atoms with E-state index in [2.05, 4.69) is 54.8 Å². The molecule has 1 aromatic rings. The van der Waals surface area contributed by atoms with E-state index < -0.39 is 0 Å². The van der Waals surface area contributed by atoms with Crippen LogP contribution in [0.2, 0.25) is 0 Å². The number of hydrogen-bond donors (Lipinski definition) is 1. The molecule has 0 aliphatic rings. The first kappa shape index (κ1) is 14.9. The van der Waals surface area contributed by atoms with Gasteiger partial charge in [0.05, 0.1) is 0 Å². The van der Waals surface area contributed by atoms with Crippen LogP contribution in [0.3, 0.4) is 0 Å². The van der Waals surface area contributed by atoms with Gasteiger partial charge in [-0.25, -0.2) is 9.97 Å². The largest absolute Gasteiger partial charge is 0.354 e. The molecule has 1 N–H and O–H groups in total. The van der Waals surface area contributed by atoms with Crippen molar-refractivity contribution in [1.29, 1.82) is 0 Å². The highest BCUT2D eigenvalue weighted by Gasteiger charge is 2.15. The average molecular weight is 250 g/mol. The van der Waals surface area contributed by atoms with Crippen LogP contribution in [0.25, 0.3) is 0 Å². The molecule has 0 amide bonds. The Morgan fingerprint density at radius 1 is 1.28 bits per heavy atom. The Kier molecular flexibility index (Phi) is 6.05. The maximum absolute atomic E-state index is 4.47. The lowest BCUT2D eigenvalue weighted by Crippen LogP contribution is -2.34. The van der Waals surface area contributed by atoms with E-state index in [0.717, 1.165) is 25.3 Å². The molecule has 4 heteroatoms. The Morgan fingerprint density at radius 3 is 2.56 bits per heavy atom. The molecule has 0 radical (unpaired) electrons. The fourth-order valence-corrected chi connectivity index (χ4v) is 1.90. The lowest BCUT2D eigenvalue weighted by atomic mass is 10.2. The molecule has 0 aliphatic heterocycles. The Balaban J connectivity index is 2.91. The molecule has 0 spiro atoms. The van der Waals surface area contributed by atoms with Gasteiger partial charge in [0, 0.05) is 36.9 Å². The van der Waals surface area contributed by atoms with E-state index in [1.54, 1.807) is 6.33 Å². The van der Waals surface area contributed by atoms with Gasteiger partial charge in [0.15, 0.2) is 0 Å². The van der Waals surface area contributed by atoms with Gasteiger partial charge in [-0.05, 0) is 20.3 Å². The van der Waals surface area contributed by atoms with E-state index in [1.165, 1.54) is 5.56 Å². The first-order chi connectivity index (χ1) is 8.56. The second kappa shape index (κ2) is 7.31. The van der Waals surface area contributed by atoms with Crippen LogP contribution in [0.15, 0.2) is 12.5 Å². The zero-order valence-electron chi connectivity index (χ0n) is 12.3. The Morgan fingerprint density at radius 2 is 2.00 bits per heavy atom. The van der Waals surface area contributed by atoms with Crippen molar-refractivity contribution in [3.8, 4) is 0 Å². The number of hydrogen-bond acceptors (Lipinski definition) is 4. The van der Waals surface area contributed by atoms with Crippen molar-refractivity contribution in [2.24, 2.45) is 0 Å². The first-order valence-electron chi connectivity index (χ1n) is 6.85. The van der Waals surface area contributed by atoms with Gasteiger partial charge < -0.3 is 10.2 Å². The van der Waals surface area contributed by atoms with Crippen molar-refractivity contribution in [3.05, 3.63) is 18.1 Å². The van der Waals surface area contributed by atoms with Crippen molar-refractivity contribution < 1.29 is 0 Å². The summed E-state index contributed by atoms with van der Waals surface area (Å²) >= 11 is 0. The highest BCUT2D eigenvalue weighted by molar-refractivity contribution is 5.46. The summed E-state index contributed by atoms with van der Waals surface area (Å²) in [5.41, 5.74) is 1.17. The maximum Gasteiger partial charge on any atom is 0.136 e. The van der Waals surface area contributed by atoms with Crippen molar-refractivity contribution in [3.63, 3.8) is 0 Å². The predicted octanol–water partition coefficient (Wildman–Crippen LogP) is 2.60. The summed E-state index contributed by atoms with van der Waals surface area (Å²) < 4.78 is 0. The van der Waals surface area contributed by atoms with Gasteiger partial charge in [-0.3, -0.25) is 0 Å². The van der Waals surface area contributed by atoms with Gasteiger partial charge in [0.2, 0.25) is 0 Å². The van der Waals surface area contributed by atoms with Crippen molar-refractivity contribution >= 4 is 5.82 Å². The molecule has 0 bridgehead atoms. The highest BCUT2D eigenvalue weighted by atomic mass is 15.2. The van der Waals surface area contributed by atoms with E-state index in [1.807, 2.05) is 6.20 Å². The van der Waals surface area contributed by atoms with Crippen LogP contribution in [0.1, 0.15) is 46.6 Å². The molecule has 4 nitrogen and oxygen atoms in total. The minimum atomic E-state index is 0.456. The third-order valence-corrected chi connectivity index (χ3v) is 2.82. The number of nitrogens with one attached hydrogen (secondary N) is 1. The molecule has 1 aromatic heterocycles. The number of anilines is 1. The lowest BCUT2D eigenvalue weighted by Gasteiger charge is -2.29. The normalized spacial score (nSPS) is 11.3. The van der Waals surface area contributed by atoms with Crippen LogP contribution in [-0.4, -0.2) is 28.6 Å². The quantitative estimate of drug-likeness (QED) is 0.807. The minimum Gasteiger partial charge on any atom is -0.354 e. The smallest absolute Gasteiger partial charge is 0.136 e. The van der Waals surface area contributed by atoms with Gasteiger partial charge in [-0.1, -0.05) is 20.8 Å². The number of aromatic nitrogens is 2. The van der Waals surface area contributed by atoms with Gasteiger partial charge in [-0.2, -0.15) is 0 Å². The molecule has 0 aliphatic carbocycles. The molecule has 0 saturated heterocycles. The lowest BCUT2D eigenvalue weighted by molar-refractivity contribution is 0.581. The molecule has 0 saturated carbocycles. The first-order valence-corrected chi connectivity index (χ1v) is 6.85. The molecule has 0 aromatic carbocycles. The Hall–Kier alpha value is -1.16. The molecule has 1 rings (SSSR count). The summed E-state index contributed by atoms with van der Waals surface area (Å²) in [6, 6.07) is 0.925. The van der Waals surface area contributed by atoms with E-state index in [4.69, 9.17) is 0 Å². The van der Waals surface area contributed by atoms with Gasteiger partial charge in [0.1, 0.15) is 12.1 Å².